The summed E-state index contributed by atoms with van der Waals surface area (Å²) in [7, 11) is 0. The van der Waals surface area contributed by atoms with Gasteiger partial charge in [0.2, 0.25) is 5.91 Å². The molecule has 0 aliphatic rings. The number of nitrogens with zero attached hydrogens (tertiary/aromatic N) is 1. The molecule has 0 spiro atoms. The Bertz CT molecular complexity index is 699. The number of thiophene rings is 1. The Balaban J connectivity index is 2.11. The first-order valence-corrected chi connectivity index (χ1v) is 9.18. The van der Waals surface area contributed by atoms with E-state index in [-0.39, 0.29) is 17.7 Å². The van der Waals surface area contributed by atoms with Crippen LogP contribution >= 0.6 is 11.3 Å². The van der Waals surface area contributed by atoms with Crippen LogP contribution in [0.25, 0.3) is 0 Å². The van der Waals surface area contributed by atoms with Crippen LogP contribution in [0.3, 0.4) is 0 Å². The molecule has 0 fully saturated rings. The average Bonchev–Trinajstić information content (AvgIpc) is 3.10. The van der Waals surface area contributed by atoms with Gasteiger partial charge in [0.1, 0.15) is 11.9 Å². The van der Waals surface area contributed by atoms with Crippen molar-refractivity contribution in [1.82, 2.24) is 10.2 Å². The lowest BCUT2D eigenvalue weighted by atomic mass is 10.0. The zero-order valence-corrected chi connectivity index (χ0v) is 15.5. The van der Waals surface area contributed by atoms with Gasteiger partial charge in [0, 0.05) is 17.0 Å². The van der Waals surface area contributed by atoms with E-state index in [4.69, 9.17) is 0 Å². The number of halogens is 1. The SMILES string of the molecule is CCN(Cc1cccs1)C(=O)C(NC(=O)c1ccc(F)cc1)C(C)C. The van der Waals surface area contributed by atoms with Crippen LogP contribution in [0.5, 0.6) is 0 Å². The Morgan fingerprint density at radius 3 is 2.40 bits per heavy atom. The topological polar surface area (TPSA) is 49.4 Å². The smallest absolute Gasteiger partial charge is 0.251 e. The van der Waals surface area contributed by atoms with Gasteiger partial charge in [0.05, 0.1) is 6.54 Å². The average molecular weight is 362 g/mol. The lowest BCUT2D eigenvalue weighted by Gasteiger charge is -2.28. The number of likely N-dealkylation sites (N-methyl/N-ethyl adjacent to an activating group) is 1. The predicted octanol–water partition coefficient (Wildman–Crippen LogP) is 3.69. The number of hydrogen-bond donors (Lipinski definition) is 1. The molecule has 1 aromatic carbocycles. The highest BCUT2D eigenvalue weighted by Crippen LogP contribution is 2.15. The summed E-state index contributed by atoms with van der Waals surface area (Å²) in [6.45, 7) is 6.80. The van der Waals surface area contributed by atoms with Crippen LogP contribution in [-0.2, 0) is 11.3 Å². The quantitative estimate of drug-likeness (QED) is 0.817. The summed E-state index contributed by atoms with van der Waals surface area (Å²) < 4.78 is 13.0. The Hall–Kier alpha value is -2.21. The van der Waals surface area contributed by atoms with Crippen molar-refractivity contribution < 1.29 is 14.0 Å². The lowest BCUT2D eigenvalue weighted by Crippen LogP contribution is -2.51. The number of amides is 2. The monoisotopic (exact) mass is 362 g/mol. The lowest BCUT2D eigenvalue weighted by molar-refractivity contribution is -0.134. The first-order chi connectivity index (χ1) is 11.9. The molecule has 4 nitrogen and oxygen atoms in total. The fourth-order valence-electron chi connectivity index (χ4n) is 2.47. The van der Waals surface area contributed by atoms with Crippen LogP contribution in [0.1, 0.15) is 36.0 Å². The second-order valence-electron chi connectivity index (χ2n) is 6.13. The Kier molecular flexibility index (Phi) is 6.70. The summed E-state index contributed by atoms with van der Waals surface area (Å²) in [6, 6.07) is 8.60. The maximum atomic E-state index is 13.0. The Morgan fingerprint density at radius 2 is 1.88 bits per heavy atom. The zero-order valence-electron chi connectivity index (χ0n) is 14.7. The molecule has 0 aliphatic heterocycles. The van der Waals surface area contributed by atoms with Crippen LogP contribution in [0.4, 0.5) is 4.39 Å². The summed E-state index contributed by atoms with van der Waals surface area (Å²) in [5.74, 6) is -0.948. The van der Waals surface area contributed by atoms with Crippen LogP contribution in [0.15, 0.2) is 41.8 Å². The molecule has 0 saturated heterocycles. The molecule has 134 valence electrons. The van der Waals surface area contributed by atoms with Gasteiger partial charge in [-0.3, -0.25) is 9.59 Å². The van der Waals surface area contributed by atoms with E-state index in [2.05, 4.69) is 5.32 Å². The van der Waals surface area contributed by atoms with E-state index in [9.17, 15) is 14.0 Å². The van der Waals surface area contributed by atoms with Crippen molar-refractivity contribution in [3.8, 4) is 0 Å². The number of benzene rings is 1. The van der Waals surface area contributed by atoms with Gasteiger partial charge in [-0.25, -0.2) is 4.39 Å². The van der Waals surface area contributed by atoms with E-state index in [0.29, 0.717) is 18.7 Å². The van der Waals surface area contributed by atoms with Crippen molar-refractivity contribution in [1.29, 1.82) is 0 Å². The van der Waals surface area contributed by atoms with E-state index >= 15 is 0 Å². The van der Waals surface area contributed by atoms with E-state index in [1.54, 1.807) is 16.2 Å². The van der Waals surface area contributed by atoms with Gasteiger partial charge in [0.25, 0.3) is 5.91 Å². The van der Waals surface area contributed by atoms with Crippen molar-refractivity contribution in [3.63, 3.8) is 0 Å². The second kappa shape index (κ2) is 8.76. The predicted molar refractivity (Wildman–Crippen MR) is 97.9 cm³/mol. The number of carbonyl (C=O) groups excluding carboxylic acids is 2. The third kappa shape index (κ3) is 5.13. The van der Waals surface area contributed by atoms with E-state index in [1.165, 1.54) is 24.3 Å². The largest absolute Gasteiger partial charge is 0.340 e. The number of rotatable bonds is 7. The molecule has 1 unspecified atom stereocenters. The summed E-state index contributed by atoms with van der Waals surface area (Å²) in [5, 5.41) is 4.77. The second-order valence-corrected chi connectivity index (χ2v) is 7.17. The molecular formula is C19H23FN2O2S. The molecule has 2 rings (SSSR count). The first kappa shape index (κ1) is 19.1. The van der Waals surface area contributed by atoms with E-state index < -0.39 is 11.9 Å². The van der Waals surface area contributed by atoms with Crippen molar-refractivity contribution in [2.24, 2.45) is 5.92 Å². The van der Waals surface area contributed by atoms with Gasteiger partial charge in [0.15, 0.2) is 0 Å². The molecular weight excluding hydrogens is 339 g/mol. The highest BCUT2D eigenvalue weighted by Gasteiger charge is 2.28. The van der Waals surface area contributed by atoms with Crippen LogP contribution in [-0.4, -0.2) is 29.3 Å². The van der Waals surface area contributed by atoms with Crippen molar-refractivity contribution in [3.05, 3.63) is 58.0 Å². The van der Waals surface area contributed by atoms with Crippen molar-refractivity contribution in [2.45, 2.75) is 33.4 Å². The Morgan fingerprint density at radius 1 is 1.20 bits per heavy atom. The molecule has 0 aliphatic carbocycles. The Labute approximate surface area is 151 Å². The summed E-state index contributed by atoms with van der Waals surface area (Å²) in [6.07, 6.45) is 0. The van der Waals surface area contributed by atoms with Crippen LogP contribution < -0.4 is 5.32 Å². The summed E-state index contributed by atoms with van der Waals surface area (Å²) in [4.78, 5) is 28.2. The molecule has 0 radical (unpaired) electrons. The molecule has 1 heterocycles. The number of carbonyl (C=O) groups is 2. The summed E-state index contributed by atoms with van der Waals surface area (Å²) in [5.41, 5.74) is 0.334. The van der Waals surface area contributed by atoms with Crippen LogP contribution in [0, 0.1) is 11.7 Å². The fraction of sp³-hybridized carbons (Fsp3) is 0.368. The molecule has 6 heteroatoms. The fourth-order valence-corrected chi connectivity index (χ4v) is 3.19. The summed E-state index contributed by atoms with van der Waals surface area (Å²) >= 11 is 1.60. The first-order valence-electron chi connectivity index (χ1n) is 8.30. The zero-order chi connectivity index (χ0) is 18.4. The third-order valence-electron chi connectivity index (χ3n) is 3.95. The molecule has 2 aromatic rings. The minimum absolute atomic E-state index is 0.0608. The molecule has 1 N–H and O–H groups in total. The molecule has 1 aromatic heterocycles. The molecule has 25 heavy (non-hydrogen) atoms. The standard InChI is InChI=1S/C19H23FN2O2S/c1-4-22(12-16-6-5-11-25-16)19(24)17(13(2)3)21-18(23)14-7-9-15(20)10-8-14/h5-11,13,17H,4,12H2,1-3H3,(H,21,23). The van der Waals surface area contributed by atoms with Crippen molar-refractivity contribution in [2.75, 3.05) is 6.54 Å². The van der Waals surface area contributed by atoms with E-state index in [1.807, 2.05) is 38.3 Å². The number of hydrogen-bond acceptors (Lipinski definition) is 3. The van der Waals surface area contributed by atoms with Crippen molar-refractivity contribution >= 4 is 23.2 Å². The molecule has 2 amide bonds. The highest BCUT2D eigenvalue weighted by molar-refractivity contribution is 7.09. The maximum Gasteiger partial charge on any atom is 0.251 e. The van der Waals surface area contributed by atoms with Gasteiger partial charge < -0.3 is 10.2 Å². The van der Waals surface area contributed by atoms with E-state index in [0.717, 1.165) is 4.88 Å². The maximum absolute atomic E-state index is 13.0. The van der Waals surface area contributed by atoms with Gasteiger partial charge in [-0.2, -0.15) is 0 Å². The highest BCUT2D eigenvalue weighted by atomic mass is 32.1. The minimum Gasteiger partial charge on any atom is -0.340 e. The minimum atomic E-state index is -0.627. The molecule has 0 bridgehead atoms. The third-order valence-corrected chi connectivity index (χ3v) is 4.81. The van der Waals surface area contributed by atoms with Gasteiger partial charge in [-0.15, -0.1) is 11.3 Å². The molecule has 1 atom stereocenters. The van der Waals surface area contributed by atoms with Gasteiger partial charge >= 0.3 is 0 Å². The molecule has 0 saturated carbocycles. The van der Waals surface area contributed by atoms with Crippen LogP contribution in [0.2, 0.25) is 0 Å². The van der Waals surface area contributed by atoms with Gasteiger partial charge in [-0.05, 0) is 48.6 Å². The van der Waals surface area contributed by atoms with Gasteiger partial charge in [-0.1, -0.05) is 19.9 Å². The normalized spacial score (nSPS) is 12.0. The number of nitrogens with one attached hydrogen (secondary N) is 1.